The summed E-state index contributed by atoms with van der Waals surface area (Å²) in [5, 5.41) is 3.04. The number of benzene rings is 3. The molecule has 12 heteroatoms. The van der Waals surface area contributed by atoms with E-state index in [0.29, 0.717) is 70.6 Å². The number of urea groups is 1. The van der Waals surface area contributed by atoms with E-state index in [2.05, 4.69) is 14.9 Å². The lowest BCUT2D eigenvalue weighted by molar-refractivity contribution is -0.134. The number of carbonyl (C=O) groups is 3. The lowest BCUT2D eigenvalue weighted by Crippen LogP contribution is -2.59. The standard InChI is InChI=1S/C40H50N6O5S/c1-30-12-14-35(15-13-30)52(50,51)42-36(28-31-8-4-2-5-9-31)37(47)43-22-16-32(17-23-43)33-18-24-44(25-19-33)39(49)45-26-20-40(21-27-45)38(48)41-29-46(40)34-10-6-3-7-11-34/h2-15,32-33,36,42H,16-29H2,1H3,(H,41,48). The summed E-state index contributed by atoms with van der Waals surface area (Å²) in [7, 11) is -3.90. The molecule has 1 spiro atoms. The summed E-state index contributed by atoms with van der Waals surface area (Å²) in [5.41, 5.74) is 2.26. The smallest absolute Gasteiger partial charge is 0.320 e. The first-order valence-electron chi connectivity index (χ1n) is 18.7. The fourth-order valence-electron chi connectivity index (χ4n) is 8.68. The van der Waals surface area contributed by atoms with E-state index in [0.717, 1.165) is 42.5 Å². The van der Waals surface area contributed by atoms with Gasteiger partial charge in [0.25, 0.3) is 0 Å². The van der Waals surface area contributed by atoms with Gasteiger partial charge in [-0.2, -0.15) is 4.72 Å². The van der Waals surface area contributed by atoms with Crippen LogP contribution in [0.15, 0.2) is 89.8 Å². The van der Waals surface area contributed by atoms with Crippen LogP contribution in [0, 0.1) is 18.8 Å². The van der Waals surface area contributed by atoms with Crippen LogP contribution in [0.3, 0.4) is 0 Å². The third-order valence-electron chi connectivity index (χ3n) is 11.8. The zero-order valence-electron chi connectivity index (χ0n) is 30.0. The molecule has 52 heavy (non-hydrogen) atoms. The molecule has 4 aliphatic heterocycles. The van der Waals surface area contributed by atoms with E-state index in [4.69, 9.17) is 0 Å². The maximum absolute atomic E-state index is 13.9. The Morgan fingerprint density at radius 2 is 1.31 bits per heavy atom. The summed E-state index contributed by atoms with van der Waals surface area (Å²) >= 11 is 0. The molecule has 0 saturated carbocycles. The van der Waals surface area contributed by atoms with Gasteiger partial charge in [0.1, 0.15) is 11.6 Å². The van der Waals surface area contributed by atoms with Crippen molar-refractivity contribution in [3.05, 3.63) is 96.1 Å². The minimum atomic E-state index is -3.90. The summed E-state index contributed by atoms with van der Waals surface area (Å²) in [4.78, 5) is 48.7. The van der Waals surface area contributed by atoms with Crippen LogP contribution in [-0.4, -0.2) is 98.5 Å². The predicted molar refractivity (Wildman–Crippen MR) is 200 cm³/mol. The average Bonchev–Trinajstić information content (AvgIpc) is 3.49. The van der Waals surface area contributed by atoms with Crippen molar-refractivity contribution in [1.29, 1.82) is 0 Å². The Balaban J connectivity index is 0.908. The second-order valence-electron chi connectivity index (χ2n) is 14.9. The largest absolute Gasteiger partial charge is 0.341 e. The van der Waals surface area contributed by atoms with Crippen LogP contribution in [-0.2, 0) is 26.0 Å². The third kappa shape index (κ3) is 7.54. The second kappa shape index (κ2) is 15.3. The van der Waals surface area contributed by atoms with Crippen molar-refractivity contribution >= 4 is 33.6 Å². The van der Waals surface area contributed by atoms with Gasteiger partial charge in [-0.1, -0.05) is 66.2 Å². The van der Waals surface area contributed by atoms with Crippen LogP contribution in [0.5, 0.6) is 0 Å². The SMILES string of the molecule is Cc1ccc(S(=O)(=O)NC(Cc2ccccc2)C(=O)N2CCC(C3CCN(C(=O)N4CCC5(CC4)C(=O)NCN5c4ccccc4)CC3)CC2)cc1. The van der Waals surface area contributed by atoms with Crippen molar-refractivity contribution in [2.75, 3.05) is 50.8 Å². The number of para-hydroxylation sites is 1. The number of nitrogens with one attached hydrogen (secondary N) is 2. The molecule has 1 unspecified atom stereocenters. The molecule has 4 amide bonds. The molecular formula is C40H50N6O5S. The van der Waals surface area contributed by atoms with E-state index < -0.39 is 21.6 Å². The average molecular weight is 727 g/mol. The van der Waals surface area contributed by atoms with Crippen molar-refractivity contribution < 1.29 is 22.8 Å². The van der Waals surface area contributed by atoms with Gasteiger partial charge in [-0.05, 0) is 93.5 Å². The van der Waals surface area contributed by atoms with Gasteiger partial charge in [-0.15, -0.1) is 0 Å². The topological polar surface area (TPSA) is 122 Å². The van der Waals surface area contributed by atoms with Crippen LogP contribution >= 0.6 is 0 Å². The van der Waals surface area contributed by atoms with Crippen molar-refractivity contribution in [2.45, 2.75) is 68.3 Å². The number of sulfonamides is 1. The Kier molecular flexibility index (Phi) is 10.6. The number of rotatable bonds is 8. The zero-order chi connectivity index (χ0) is 36.3. The summed E-state index contributed by atoms with van der Waals surface area (Å²) in [6.07, 6.45) is 5.06. The number of carbonyl (C=O) groups excluding carboxylic acids is 3. The van der Waals surface area contributed by atoms with Crippen LogP contribution in [0.2, 0.25) is 0 Å². The number of likely N-dealkylation sites (tertiary alicyclic amines) is 3. The van der Waals surface area contributed by atoms with E-state index in [1.54, 1.807) is 24.3 Å². The van der Waals surface area contributed by atoms with Crippen molar-refractivity contribution in [3.63, 3.8) is 0 Å². The number of hydrogen-bond donors (Lipinski definition) is 2. The molecule has 0 aromatic heterocycles. The highest BCUT2D eigenvalue weighted by atomic mass is 32.2. The molecule has 0 radical (unpaired) electrons. The molecule has 276 valence electrons. The number of piperidine rings is 3. The number of nitrogens with zero attached hydrogens (tertiary/aromatic N) is 4. The van der Waals surface area contributed by atoms with Gasteiger partial charge in [-0.25, -0.2) is 13.2 Å². The highest BCUT2D eigenvalue weighted by Crippen LogP contribution is 2.37. The first kappa shape index (κ1) is 36.0. The maximum Gasteiger partial charge on any atom is 0.320 e. The Morgan fingerprint density at radius 1 is 0.769 bits per heavy atom. The highest BCUT2D eigenvalue weighted by Gasteiger charge is 2.51. The lowest BCUT2D eigenvalue weighted by atomic mass is 9.78. The van der Waals surface area contributed by atoms with Gasteiger partial charge in [0.05, 0.1) is 11.6 Å². The Morgan fingerprint density at radius 3 is 1.90 bits per heavy atom. The molecule has 11 nitrogen and oxygen atoms in total. The summed E-state index contributed by atoms with van der Waals surface area (Å²) < 4.78 is 29.5. The minimum absolute atomic E-state index is 0.0484. The van der Waals surface area contributed by atoms with Crippen molar-refractivity contribution in [3.8, 4) is 0 Å². The lowest BCUT2D eigenvalue weighted by Gasteiger charge is -2.45. The van der Waals surface area contributed by atoms with Crippen LogP contribution in [0.1, 0.15) is 49.7 Å². The van der Waals surface area contributed by atoms with Gasteiger partial charge in [0.15, 0.2) is 0 Å². The number of hydrogen-bond acceptors (Lipinski definition) is 6. The summed E-state index contributed by atoms with van der Waals surface area (Å²) in [6.45, 7) is 6.08. The molecule has 1 atom stereocenters. The zero-order valence-corrected chi connectivity index (χ0v) is 30.8. The van der Waals surface area contributed by atoms with Crippen LogP contribution in [0.4, 0.5) is 10.5 Å². The Hall–Kier alpha value is -4.42. The minimum Gasteiger partial charge on any atom is -0.341 e. The molecule has 4 aliphatic rings. The quantitative estimate of drug-likeness (QED) is 0.356. The van der Waals surface area contributed by atoms with E-state index in [9.17, 15) is 22.8 Å². The highest BCUT2D eigenvalue weighted by molar-refractivity contribution is 7.89. The molecule has 4 saturated heterocycles. The number of anilines is 1. The van der Waals surface area contributed by atoms with E-state index in [-0.39, 0.29) is 29.2 Å². The molecule has 4 fully saturated rings. The van der Waals surface area contributed by atoms with Crippen molar-refractivity contribution in [1.82, 2.24) is 24.7 Å². The maximum atomic E-state index is 13.9. The first-order valence-corrected chi connectivity index (χ1v) is 20.2. The summed E-state index contributed by atoms with van der Waals surface area (Å²) in [5.74, 6) is 0.793. The van der Waals surface area contributed by atoms with Gasteiger partial charge in [0.2, 0.25) is 21.8 Å². The molecule has 4 heterocycles. The fourth-order valence-corrected chi connectivity index (χ4v) is 9.87. The Labute approximate surface area is 307 Å². The van der Waals surface area contributed by atoms with Crippen LogP contribution in [0.25, 0.3) is 0 Å². The monoisotopic (exact) mass is 726 g/mol. The van der Waals surface area contributed by atoms with E-state index >= 15 is 0 Å². The van der Waals surface area contributed by atoms with Gasteiger partial charge in [-0.3, -0.25) is 9.59 Å². The van der Waals surface area contributed by atoms with Gasteiger partial charge < -0.3 is 24.9 Å². The number of aryl methyl sites for hydroxylation is 1. The van der Waals surface area contributed by atoms with E-state index in [1.807, 2.05) is 82.3 Å². The van der Waals surface area contributed by atoms with E-state index in [1.165, 1.54) is 0 Å². The van der Waals surface area contributed by atoms with Gasteiger partial charge in [0, 0.05) is 45.0 Å². The first-order chi connectivity index (χ1) is 25.1. The molecule has 2 N–H and O–H groups in total. The normalized spacial score (nSPS) is 20.6. The number of amides is 4. The van der Waals surface area contributed by atoms with Crippen molar-refractivity contribution in [2.24, 2.45) is 11.8 Å². The molecule has 7 rings (SSSR count). The molecular weight excluding hydrogens is 677 g/mol. The molecule has 0 bridgehead atoms. The molecule has 0 aliphatic carbocycles. The molecule has 3 aromatic rings. The second-order valence-corrected chi connectivity index (χ2v) is 16.6. The predicted octanol–water partition coefficient (Wildman–Crippen LogP) is 4.38. The van der Waals surface area contributed by atoms with Gasteiger partial charge >= 0.3 is 6.03 Å². The fraction of sp³-hybridized carbons (Fsp3) is 0.475. The summed E-state index contributed by atoms with van der Waals surface area (Å²) in [6, 6.07) is 25.4. The molecule has 3 aromatic carbocycles. The Bertz CT molecular complexity index is 1820. The third-order valence-corrected chi connectivity index (χ3v) is 13.3. The van der Waals surface area contributed by atoms with Crippen LogP contribution < -0.4 is 14.9 Å².